The van der Waals surface area contributed by atoms with E-state index in [1.807, 2.05) is 0 Å². The van der Waals surface area contributed by atoms with Crippen LogP contribution >= 0.6 is 11.6 Å². The number of rotatable bonds is 7. The first-order valence-corrected chi connectivity index (χ1v) is 7.56. The van der Waals surface area contributed by atoms with Crippen LogP contribution in [-0.2, 0) is 4.79 Å². The number of nitrogens with one attached hydrogen (secondary N) is 1. The van der Waals surface area contributed by atoms with Gasteiger partial charge in [-0.1, -0.05) is 11.6 Å². The van der Waals surface area contributed by atoms with Crippen molar-refractivity contribution >= 4 is 29.1 Å². The molecule has 7 nitrogen and oxygen atoms in total. The Bertz CT molecular complexity index is 795. The van der Waals surface area contributed by atoms with Gasteiger partial charge in [0.25, 0.3) is 11.8 Å². The number of methoxy groups -OCH3 is 2. The molecule has 0 saturated heterocycles. The highest BCUT2D eigenvalue weighted by Gasteiger charge is 2.13. The van der Waals surface area contributed by atoms with Crippen molar-refractivity contribution in [2.45, 2.75) is 0 Å². The van der Waals surface area contributed by atoms with Gasteiger partial charge in [-0.2, -0.15) is 0 Å². The molecule has 0 saturated carbocycles. The van der Waals surface area contributed by atoms with Crippen molar-refractivity contribution in [1.29, 1.82) is 0 Å². The third kappa shape index (κ3) is 4.77. The second-order valence-electron chi connectivity index (χ2n) is 4.92. The molecule has 0 aliphatic rings. The Balaban J connectivity index is 2.16. The lowest BCUT2D eigenvalue weighted by atomic mass is 10.1. The molecule has 2 rings (SSSR count). The summed E-state index contributed by atoms with van der Waals surface area (Å²) in [5.74, 6) is 0.158. The first-order chi connectivity index (χ1) is 11.9. The topological polar surface area (TPSA) is 99.9 Å². The third-order valence-corrected chi connectivity index (χ3v) is 3.50. The van der Waals surface area contributed by atoms with Crippen LogP contribution in [0.4, 0.5) is 5.69 Å². The molecule has 0 aliphatic heterocycles. The van der Waals surface area contributed by atoms with Crippen LogP contribution in [0.15, 0.2) is 36.4 Å². The highest BCUT2D eigenvalue weighted by Crippen LogP contribution is 2.30. The van der Waals surface area contributed by atoms with Crippen molar-refractivity contribution < 1.29 is 23.8 Å². The maximum atomic E-state index is 12.4. The minimum Gasteiger partial charge on any atom is -0.495 e. The standard InChI is InChI=1S/C17H17ClN2O5/c1-23-13-6-4-11(8-12(13)18)20-17(22)10-3-5-14(15(7-10)24-2)25-9-16(19)21/h3-8H,9H2,1-2H3,(H2,19,21)(H,20,22). The minimum atomic E-state index is -0.611. The van der Waals surface area contributed by atoms with Crippen LogP contribution in [0.1, 0.15) is 10.4 Å². The second-order valence-corrected chi connectivity index (χ2v) is 5.33. The molecule has 0 atom stereocenters. The molecule has 8 heteroatoms. The SMILES string of the molecule is COc1ccc(NC(=O)c2ccc(OCC(N)=O)c(OC)c2)cc1Cl. The zero-order chi connectivity index (χ0) is 18.4. The van der Waals surface area contributed by atoms with Crippen molar-refractivity contribution in [1.82, 2.24) is 0 Å². The van der Waals surface area contributed by atoms with E-state index in [0.717, 1.165) is 0 Å². The molecule has 0 bridgehead atoms. The number of halogens is 1. The summed E-state index contributed by atoms with van der Waals surface area (Å²) in [6, 6.07) is 9.47. The lowest BCUT2D eigenvalue weighted by molar-refractivity contribution is -0.119. The van der Waals surface area contributed by atoms with Crippen molar-refractivity contribution in [2.24, 2.45) is 5.73 Å². The highest BCUT2D eigenvalue weighted by atomic mass is 35.5. The monoisotopic (exact) mass is 364 g/mol. The molecule has 0 radical (unpaired) electrons. The number of hydrogen-bond donors (Lipinski definition) is 2. The van der Waals surface area contributed by atoms with E-state index in [1.165, 1.54) is 26.4 Å². The van der Waals surface area contributed by atoms with Gasteiger partial charge in [0.1, 0.15) is 5.75 Å². The summed E-state index contributed by atoms with van der Waals surface area (Å²) in [6.45, 7) is -0.285. The number of hydrogen-bond acceptors (Lipinski definition) is 5. The van der Waals surface area contributed by atoms with Gasteiger partial charge >= 0.3 is 0 Å². The zero-order valence-electron chi connectivity index (χ0n) is 13.7. The average molecular weight is 365 g/mol. The van der Waals surface area contributed by atoms with Gasteiger partial charge in [0.2, 0.25) is 0 Å². The van der Waals surface area contributed by atoms with Gasteiger partial charge in [-0.3, -0.25) is 9.59 Å². The number of carbonyl (C=O) groups is 2. The number of anilines is 1. The fraction of sp³-hybridized carbons (Fsp3) is 0.176. The van der Waals surface area contributed by atoms with Gasteiger partial charge in [-0.05, 0) is 36.4 Å². The first-order valence-electron chi connectivity index (χ1n) is 7.18. The average Bonchev–Trinajstić information content (AvgIpc) is 2.59. The van der Waals surface area contributed by atoms with E-state index in [0.29, 0.717) is 33.5 Å². The molecule has 2 aromatic carbocycles. The number of ether oxygens (including phenoxy) is 3. The van der Waals surface area contributed by atoms with Crippen molar-refractivity contribution in [3.8, 4) is 17.2 Å². The molecule has 2 aromatic rings. The number of carbonyl (C=O) groups excluding carboxylic acids is 2. The summed E-state index contributed by atoms with van der Waals surface area (Å²) in [4.78, 5) is 23.2. The Hall–Kier alpha value is -2.93. The smallest absolute Gasteiger partial charge is 0.255 e. The first kappa shape index (κ1) is 18.4. The number of benzene rings is 2. The summed E-state index contributed by atoms with van der Waals surface area (Å²) >= 11 is 6.04. The van der Waals surface area contributed by atoms with Crippen LogP contribution < -0.4 is 25.3 Å². The number of nitrogens with two attached hydrogens (primary N) is 1. The minimum absolute atomic E-state index is 0.285. The van der Waals surface area contributed by atoms with Crippen LogP contribution in [0.5, 0.6) is 17.2 Å². The molecule has 0 unspecified atom stereocenters. The quantitative estimate of drug-likeness (QED) is 0.786. The Morgan fingerprint density at radius 3 is 2.32 bits per heavy atom. The van der Waals surface area contributed by atoms with Crippen molar-refractivity contribution in [3.63, 3.8) is 0 Å². The van der Waals surface area contributed by atoms with Crippen molar-refractivity contribution in [3.05, 3.63) is 47.0 Å². The fourth-order valence-corrected chi connectivity index (χ4v) is 2.28. The molecule has 2 amide bonds. The maximum Gasteiger partial charge on any atom is 0.255 e. The highest BCUT2D eigenvalue weighted by molar-refractivity contribution is 6.32. The Labute approximate surface area is 149 Å². The normalized spacial score (nSPS) is 10.0. The fourth-order valence-electron chi connectivity index (χ4n) is 2.02. The van der Waals surface area contributed by atoms with E-state index in [2.05, 4.69) is 5.32 Å². The third-order valence-electron chi connectivity index (χ3n) is 3.21. The van der Waals surface area contributed by atoms with Crippen LogP contribution in [-0.4, -0.2) is 32.6 Å². The summed E-state index contributed by atoms with van der Waals surface area (Å²) in [6.07, 6.45) is 0. The molecule has 0 heterocycles. The molecule has 0 fully saturated rings. The molecule has 132 valence electrons. The number of amides is 2. The van der Waals surface area contributed by atoms with Gasteiger partial charge in [0.15, 0.2) is 18.1 Å². The van der Waals surface area contributed by atoms with Gasteiger partial charge in [-0.15, -0.1) is 0 Å². The van der Waals surface area contributed by atoms with Gasteiger partial charge < -0.3 is 25.3 Å². The molecular weight excluding hydrogens is 348 g/mol. The molecule has 0 aliphatic carbocycles. The van der Waals surface area contributed by atoms with Gasteiger partial charge in [0, 0.05) is 11.3 Å². The Morgan fingerprint density at radius 2 is 1.72 bits per heavy atom. The summed E-state index contributed by atoms with van der Waals surface area (Å²) in [5, 5.41) is 3.10. The lowest BCUT2D eigenvalue weighted by Crippen LogP contribution is -2.20. The Morgan fingerprint density at radius 1 is 1.04 bits per heavy atom. The van der Waals surface area contributed by atoms with Crippen LogP contribution in [0, 0.1) is 0 Å². The van der Waals surface area contributed by atoms with E-state index < -0.39 is 5.91 Å². The van der Waals surface area contributed by atoms with E-state index in [9.17, 15) is 9.59 Å². The predicted octanol–water partition coefficient (Wildman–Crippen LogP) is 2.47. The maximum absolute atomic E-state index is 12.4. The second kappa shape index (κ2) is 8.25. The molecule has 0 aromatic heterocycles. The van der Waals surface area contributed by atoms with Crippen molar-refractivity contribution in [2.75, 3.05) is 26.1 Å². The lowest BCUT2D eigenvalue weighted by Gasteiger charge is -2.12. The van der Waals surface area contributed by atoms with Gasteiger partial charge in [-0.25, -0.2) is 0 Å². The van der Waals surface area contributed by atoms with E-state index in [4.69, 9.17) is 31.5 Å². The largest absolute Gasteiger partial charge is 0.495 e. The molecule has 25 heavy (non-hydrogen) atoms. The summed E-state index contributed by atoms with van der Waals surface area (Å²) in [5.41, 5.74) is 5.90. The van der Waals surface area contributed by atoms with Crippen LogP contribution in [0.3, 0.4) is 0 Å². The summed E-state index contributed by atoms with van der Waals surface area (Å²) < 4.78 is 15.5. The molecule has 0 spiro atoms. The molecule has 3 N–H and O–H groups in total. The van der Waals surface area contributed by atoms with Gasteiger partial charge in [0.05, 0.1) is 19.2 Å². The van der Waals surface area contributed by atoms with Crippen LogP contribution in [0.25, 0.3) is 0 Å². The number of primary amides is 1. The van der Waals surface area contributed by atoms with E-state index in [-0.39, 0.29) is 12.5 Å². The zero-order valence-corrected chi connectivity index (χ0v) is 14.4. The van der Waals surface area contributed by atoms with E-state index in [1.54, 1.807) is 24.3 Å². The van der Waals surface area contributed by atoms with E-state index >= 15 is 0 Å². The molecular formula is C17H17ClN2O5. The summed E-state index contributed by atoms with van der Waals surface area (Å²) in [7, 11) is 2.94. The predicted molar refractivity (Wildman–Crippen MR) is 93.6 cm³/mol. The van der Waals surface area contributed by atoms with Crippen LogP contribution in [0.2, 0.25) is 5.02 Å². The Kier molecular flexibility index (Phi) is 6.08.